The third-order valence-corrected chi connectivity index (χ3v) is 5.42. The number of aromatic nitrogens is 4. The molecule has 0 saturated heterocycles. The van der Waals surface area contributed by atoms with E-state index in [0.717, 1.165) is 16.5 Å². The maximum absolute atomic E-state index is 13.7. The molecule has 8 heteroatoms. The van der Waals surface area contributed by atoms with Gasteiger partial charge in [0.25, 0.3) is 0 Å². The van der Waals surface area contributed by atoms with Crippen molar-refractivity contribution >= 4 is 22.5 Å². The van der Waals surface area contributed by atoms with Crippen LogP contribution in [-0.2, 0) is 0 Å². The van der Waals surface area contributed by atoms with Gasteiger partial charge in [0.15, 0.2) is 11.6 Å². The molecule has 5 aromatic rings. The van der Waals surface area contributed by atoms with Crippen LogP contribution in [0.1, 0.15) is 5.56 Å². The number of pyridine rings is 1. The molecular formula is C24H16ClFN4O2. The van der Waals surface area contributed by atoms with Gasteiger partial charge >= 0.3 is 0 Å². The third kappa shape index (κ3) is 3.74. The lowest BCUT2D eigenvalue weighted by Gasteiger charge is -2.10. The molecule has 2 aromatic heterocycles. The second kappa shape index (κ2) is 7.94. The molecular weight excluding hydrogens is 431 g/mol. The van der Waals surface area contributed by atoms with E-state index in [2.05, 4.69) is 15.3 Å². The number of phenols is 1. The lowest BCUT2D eigenvalue weighted by molar-refractivity contribution is 0.432. The number of aryl methyl sites for hydroxylation is 1. The Labute approximate surface area is 187 Å². The van der Waals surface area contributed by atoms with Gasteiger partial charge in [-0.25, -0.2) is 14.1 Å². The van der Waals surface area contributed by atoms with Crippen LogP contribution in [0.2, 0.25) is 5.02 Å². The average Bonchev–Trinajstić information content (AvgIpc) is 3.28. The highest BCUT2D eigenvalue weighted by Crippen LogP contribution is 2.32. The Morgan fingerprint density at radius 3 is 2.69 bits per heavy atom. The van der Waals surface area contributed by atoms with E-state index in [-0.39, 0.29) is 0 Å². The minimum absolute atomic E-state index is 0.420. The van der Waals surface area contributed by atoms with E-state index in [1.54, 1.807) is 18.3 Å². The summed E-state index contributed by atoms with van der Waals surface area (Å²) in [5, 5.41) is 19.0. The number of hydrogen-bond acceptors (Lipinski definition) is 5. The van der Waals surface area contributed by atoms with E-state index in [0.29, 0.717) is 33.6 Å². The summed E-state index contributed by atoms with van der Waals surface area (Å²) in [7, 11) is 0. The van der Waals surface area contributed by atoms with Gasteiger partial charge in [-0.05, 0) is 61.0 Å². The van der Waals surface area contributed by atoms with Crippen molar-refractivity contribution in [3.8, 4) is 34.3 Å². The summed E-state index contributed by atoms with van der Waals surface area (Å²) >= 11 is 6.21. The maximum atomic E-state index is 13.7. The first-order chi connectivity index (χ1) is 15.5. The minimum atomic E-state index is -0.731. The summed E-state index contributed by atoms with van der Waals surface area (Å²) in [6.07, 6.45) is 1.65. The quantitative estimate of drug-likeness (QED) is 0.362. The summed E-state index contributed by atoms with van der Waals surface area (Å²) in [6.45, 7) is 1.93. The van der Waals surface area contributed by atoms with E-state index in [4.69, 9.17) is 16.3 Å². The molecule has 0 bridgehead atoms. The minimum Gasteiger partial charge on any atom is -0.505 e. The number of nitrogens with zero attached hydrogens (tertiary/aromatic N) is 4. The Morgan fingerprint density at radius 1 is 1.00 bits per heavy atom. The maximum Gasteiger partial charge on any atom is 0.166 e. The van der Waals surface area contributed by atoms with Crippen LogP contribution in [-0.4, -0.2) is 25.1 Å². The van der Waals surface area contributed by atoms with Gasteiger partial charge in [0.1, 0.15) is 17.2 Å². The number of benzene rings is 3. The van der Waals surface area contributed by atoms with Crippen molar-refractivity contribution < 1.29 is 14.2 Å². The van der Waals surface area contributed by atoms with Crippen LogP contribution in [0.15, 0.2) is 72.9 Å². The number of hydrogen-bond donors (Lipinski definition) is 1. The molecule has 0 atom stereocenters. The molecule has 2 heterocycles. The molecule has 0 unspecified atom stereocenters. The summed E-state index contributed by atoms with van der Waals surface area (Å²) < 4.78 is 21.1. The van der Waals surface area contributed by atoms with Crippen molar-refractivity contribution in [2.24, 2.45) is 0 Å². The molecule has 0 radical (unpaired) electrons. The Kier molecular flexibility index (Phi) is 4.95. The van der Waals surface area contributed by atoms with Crippen LogP contribution in [0.3, 0.4) is 0 Å². The van der Waals surface area contributed by atoms with Crippen molar-refractivity contribution in [3.05, 3.63) is 89.3 Å². The Balaban J connectivity index is 1.47. The van der Waals surface area contributed by atoms with Crippen LogP contribution in [0.25, 0.3) is 28.0 Å². The zero-order chi connectivity index (χ0) is 22.2. The lowest BCUT2D eigenvalue weighted by atomic mass is 10.1. The van der Waals surface area contributed by atoms with E-state index >= 15 is 0 Å². The van der Waals surface area contributed by atoms with Gasteiger partial charge < -0.3 is 9.84 Å². The third-order valence-electron chi connectivity index (χ3n) is 5.01. The van der Waals surface area contributed by atoms with E-state index in [1.165, 1.54) is 16.8 Å². The van der Waals surface area contributed by atoms with Crippen molar-refractivity contribution in [2.75, 3.05) is 0 Å². The van der Waals surface area contributed by atoms with Crippen molar-refractivity contribution in [1.29, 1.82) is 0 Å². The van der Waals surface area contributed by atoms with Crippen molar-refractivity contribution in [1.82, 2.24) is 20.0 Å². The molecule has 0 fully saturated rings. The highest BCUT2D eigenvalue weighted by Gasteiger charge is 2.12. The van der Waals surface area contributed by atoms with E-state index in [9.17, 15) is 9.50 Å². The fourth-order valence-electron chi connectivity index (χ4n) is 3.27. The van der Waals surface area contributed by atoms with Crippen LogP contribution in [0.4, 0.5) is 4.39 Å². The molecule has 0 saturated carbocycles. The second-order valence-corrected chi connectivity index (χ2v) is 7.62. The summed E-state index contributed by atoms with van der Waals surface area (Å²) in [5.74, 6) is 0.146. The van der Waals surface area contributed by atoms with Crippen molar-refractivity contribution in [2.45, 2.75) is 6.92 Å². The number of rotatable bonds is 4. The predicted octanol–water partition coefficient (Wildman–Crippen LogP) is 6.08. The Bertz CT molecular complexity index is 1470. The topological polar surface area (TPSA) is 73.1 Å². The molecule has 0 spiro atoms. The second-order valence-electron chi connectivity index (χ2n) is 7.22. The van der Waals surface area contributed by atoms with Crippen LogP contribution in [0, 0.1) is 12.7 Å². The average molecular weight is 447 g/mol. The molecule has 0 aliphatic rings. The first kappa shape index (κ1) is 20.0. The summed E-state index contributed by atoms with van der Waals surface area (Å²) in [5.41, 5.74) is 3.28. The molecule has 158 valence electrons. The van der Waals surface area contributed by atoms with Gasteiger partial charge in [0.2, 0.25) is 0 Å². The summed E-state index contributed by atoms with van der Waals surface area (Å²) in [6, 6.07) is 18.9. The lowest BCUT2D eigenvalue weighted by Crippen LogP contribution is -1.95. The van der Waals surface area contributed by atoms with Crippen LogP contribution in [0.5, 0.6) is 17.2 Å². The van der Waals surface area contributed by atoms with Gasteiger partial charge in [0, 0.05) is 16.5 Å². The number of fused-ring (bicyclic) bond motifs is 1. The first-order valence-electron chi connectivity index (χ1n) is 9.73. The molecule has 5 rings (SSSR count). The van der Waals surface area contributed by atoms with Gasteiger partial charge in [-0.1, -0.05) is 28.9 Å². The highest BCUT2D eigenvalue weighted by molar-refractivity contribution is 6.31. The zero-order valence-electron chi connectivity index (χ0n) is 16.8. The standard InChI is InChI=1S/C24H16ClFN4O2/c1-14-5-7-16(12-18(14)25)32-24-4-2-3-20-17(24)8-9-21(27-20)22-13-30(29-28-22)15-6-10-23(31)19(26)11-15/h2-13,31H,1H3. The SMILES string of the molecule is Cc1ccc(Oc2cccc3nc(-c4cn(-c5ccc(O)c(F)c5)nn4)ccc23)cc1Cl. The van der Waals surface area contributed by atoms with E-state index < -0.39 is 11.6 Å². The number of aromatic hydroxyl groups is 1. The molecule has 1 N–H and O–H groups in total. The number of phenolic OH excluding ortho intramolecular Hbond substituents is 1. The van der Waals surface area contributed by atoms with Gasteiger partial charge in [-0.2, -0.15) is 0 Å². The molecule has 3 aromatic carbocycles. The van der Waals surface area contributed by atoms with Gasteiger partial charge in [-0.15, -0.1) is 5.10 Å². The molecule has 32 heavy (non-hydrogen) atoms. The van der Waals surface area contributed by atoms with Crippen LogP contribution >= 0.6 is 11.6 Å². The van der Waals surface area contributed by atoms with Crippen molar-refractivity contribution in [3.63, 3.8) is 0 Å². The normalized spacial score (nSPS) is 11.1. The number of ether oxygens (including phenoxy) is 1. The monoisotopic (exact) mass is 446 g/mol. The molecule has 0 aliphatic heterocycles. The summed E-state index contributed by atoms with van der Waals surface area (Å²) in [4.78, 5) is 4.68. The Morgan fingerprint density at radius 2 is 1.88 bits per heavy atom. The molecule has 0 aliphatic carbocycles. The molecule has 0 amide bonds. The fraction of sp³-hybridized carbons (Fsp3) is 0.0417. The van der Waals surface area contributed by atoms with E-state index in [1.807, 2.05) is 49.4 Å². The zero-order valence-corrected chi connectivity index (χ0v) is 17.6. The molecule has 6 nitrogen and oxygen atoms in total. The van der Waals surface area contributed by atoms with Gasteiger partial charge in [-0.3, -0.25) is 0 Å². The Hall–Kier alpha value is -3.97. The predicted molar refractivity (Wildman–Crippen MR) is 120 cm³/mol. The number of halogens is 2. The van der Waals surface area contributed by atoms with Gasteiger partial charge in [0.05, 0.1) is 23.1 Å². The smallest absolute Gasteiger partial charge is 0.166 e. The largest absolute Gasteiger partial charge is 0.505 e. The van der Waals surface area contributed by atoms with Crippen LogP contribution < -0.4 is 4.74 Å². The first-order valence-corrected chi connectivity index (χ1v) is 10.1. The highest BCUT2D eigenvalue weighted by atomic mass is 35.5. The fourth-order valence-corrected chi connectivity index (χ4v) is 3.44.